The molecule has 4 heterocycles. The Morgan fingerprint density at radius 2 is 2.03 bits per heavy atom. The molecule has 10 heteroatoms. The van der Waals surface area contributed by atoms with Crippen LogP contribution in [0.25, 0.3) is 16.9 Å². The summed E-state index contributed by atoms with van der Waals surface area (Å²) in [4.78, 5) is 28.1. The lowest BCUT2D eigenvalue weighted by Gasteiger charge is -2.37. The number of aromatic nitrogens is 7. The van der Waals surface area contributed by atoms with E-state index in [-0.39, 0.29) is 17.9 Å². The lowest BCUT2D eigenvalue weighted by atomic mass is 9.92. The number of piperidine rings is 1. The van der Waals surface area contributed by atoms with Crippen LogP contribution in [-0.2, 0) is 4.79 Å². The molecule has 0 spiro atoms. The third kappa shape index (κ3) is 4.61. The first-order valence-electron chi connectivity index (χ1n) is 11.2. The van der Waals surface area contributed by atoms with Gasteiger partial charge in [0.05, 0.1) is 11.4 Å². The molecule has 2 atom stereocenters. The monoisotopic (exact) mass is 455 g/mol. The van der Waals surface area contributed by atoms with Crippen LogP contribution in [0.15, 0.2) is 61.2 Å². The topological polar surface area (TPSA) is 115 Å². The lowest BCUT2D eigenvalue weighted by molar-refractivity contribution is -0.132. The van der Waals surface area contributed by atoms with E-state index in [9.17, 15) is 4.79 Å². The Morgan fingerprint density at radius 3 is 2.79 bits per heavy atom. The number of carbonyl (C=O) groups is 1. The standard InChI is InChI=1S/C24H25N9O/c1-16-8-9-19(14-32(16)17(2)34)24-28-22(18-5-4-10-25-13-18)12-23(29-24)27-20-6-3-7-21(11-20)33-15-26-30-31-33/h3-7,10-13,15-16,19H,8-9,14H2,1-2H3,(H,27,28,29)/t16-,19+/m0/s1. The van der Waals surface area contributed by atoms with Crippen LogP contribution in [0.4, 0.5) is 11.5 Å². The average molecular weight is 456 g/mol. The summed E-state index contributed by atoms with van der Waals surface area (Å²) in [6, 6.07) is 13.8. The van der Waals surface area contributed by atoms with Crippen LogP contribution in [0.2, 0.25) is 0 Å². The quantitative estimate of drug-likeness (QED) is 0.487. The second kappa shape index (κ2) is 9.34. The number of rotatable bonds is 5. The number of pyridine rings is 1. The number of nitrogens with one attached hydrogen (secondary N) is 1. The molecule has 5 rings (SSSR count). The minimum atomic E-state index is 0.0600. The molecule has 172 valence electrons. The van der Waals surface area contributed by atoms with Gasteiger partial charge in [-0.25, -0.2) is 14.6 Å². The lowest BCUT2D eigenvalue weighted by Crippen LogP contribution is -2.44. The maximum Gasteiger partial charge on any atom is 0.219 e. The number of likely N-dealkylation sites (tertiary alicyclic amines) is 1. The normalized spacial score (nSPS) is 18.0. The third-order valence-electron chi connectivity index (χ3n) is 6.08. The van der Waals surface area contributed by atoms with Crippen molar-refractivity contribution in [3.05, 3.63) is 67.0 Å². The average Bonchev–Trinajstić information content (AvgIpc) is 3.40. The van der Waals surface area contributed by atoms with E-state index in [1.165, 1.54) is 0 Å². The third-order valence-corrected chi connectivity index (χ3v) is 6.08. The molecule has 10 nitrogen and oxygen atoms in total. The molecule has 0 radical (unpaired) electrons. The zero-order valence-corrected chi connectivity index (χ0v) is 19.0. The summed E-state index contributed by atoms with van der Waals surface area (Å²) in [5.41, 5.74) is 3.36. The van der Waals surface area contributed by atoms with Gasteiger partial charge in [0, 0.05) is 55.1 Å². The van der Waals surface area contributed by atoms with Crippen LogP contribution in [-0.4, -0.2) is 58.6 Å². The molecule has 1 N–H and O–H groups in total. The van der Waals surface area contributed by atoms with Gasteiger partial charge in [0.1, 0.15) is 18.0 Å². The molecule has 3 aromatic heterocycles. The Bertz CT molecular complexity index is 1280. The second-order valence-electron chi connectivity index (χ2n) is 8.46. The summed E-state index contributed by atoms with van der Waals surface area (Å²) in [6.45, 7) is 4.33. The molecule has 0 bridgehead atoms. The number of hydrogen-bond acceptors (Lipinski definition) is 8. The fourth-order valence-electron chi connectivity index (χ4n) is 4.28. The first-order chi connectivity index (χ1) is 16.6. The van der Waals surface area contributed by atoms with Crippen LogP contribution in [0.3, 0.4) is 0 Å². The maximum atomic E-state index is 12.2. The highest BCUT2D eigenvalue weighted by Gasteiger charge is 2.30. The Balaban J connectivity index is 1.50. The highest BCUT2D eigenvalue weighted by molar-refractivity contribution is 5.74. The van der Waals surface area contributed by atoms with Crippen LogP contribution >= 0.6 is 0 Å². The van der Waals surface area contributed by atoms with Gasteiger partial charge in [-0.1, -0.05) is 6.07 Å². The van der Waals surface area contributed by atoms with E-state index in [1.807, 2.05) is 47.4 Å². The number of tetrazole rings is 1. The first kappa shape index (κ1) is 21.6. The Hall–Kier alpha value is -4.21. The largest absolute Gasteiger partial charge is 0.340 e. The fraction of sp³-hybridized carbons (Fsp3) is 0.292. The molecular formula is C24H25N9O. The van der Waals surface area contributed by atoms with Crippen LogP contribution < -0.4 is 5.32 Å². The number of hydrogen-bond donors (Lipinski definition) is 1. The van der Waals surface area contributed by atoms with Crippen molar-refractivity contribution in [3.8, 4) is 16.9 Å². The van der Waals surface area contributed by atoms with Crippen molar-refractivity contribution in [2.45, 2.75) is 38.6 Å². The predicted molar refractivity (Wildman–Crippen MR) is 127 cm³/mol. The Morgan fingerprint density at radius 1 is 1.12 bits per heavy atom. The highest BCUT2D eigenvalue weighted by Crippen LogP contribution is 2.31. The number of amides is 1. The molecule has 1 amide bonds. The molecule has 1 aliphatic heterocycles. The second-order valence-corrected chi connectivity index (χ2v) is 8.46. The van der Waals surface area contributed by atoms with Gasteiger partial charge in [-0.2, -0.15) is 0 Å². The van der Waals surface area contributed by atoms with Crippen molar-refractivity contribution in [1.82, 2.24) is 40.1 Å². The molecule has 1 aromatic carbocycles. The zero-order chi connectivity index (χ0) is 23.5. The van der Waals surface area contributed by atoms with Gasteiger partial charge >= 0.3 is 0 Å². The molecule has 0 aliphatic carbocycles. The van der Waals surface area contributed by atoms with Crippen molar-refractivity contribution in [2.75, 3.05) is 11.9 Å². The molecule has 1 saturated heterocycles. The Labute approximate surface area is 197 Å². The molecule has 0 unspecified atom stereocenters. The van der Waals surface area contributed by atoms with Crippen molar-refractivity contribution >= 4 is 17.4 Å². The van der Waals surface area contributed by atoms with Gasteiger partial charge in [-0.15, -0.1) is 5.10 Å². The molecule has 1 fully saturated rings. The highest BCUT2D eigenvalue weighted by atomic mass is 16.2. The van der Waals surface area contributed by atoms with E-state index in [4.69, 9.17) is 9.97 Å². The van der Waals surface area contributed by atoms with Crippen LogP contribution in [0.1, 0.15) is 38.4 Å². The molecule has 0 saturated carbocycles. The SMILES string of the molecule is CC(=O)N1C[C@H](c2nc(Nc3cccc(-n4cnnn4)c3)cc(-c3cccnc3)n2)CC[C@@H]1C. The van der Waals surface area contributed by atoms with E-state index in [2.05, 4.69) is 32.7 Å². The number of carbonyl (C=O) groups excluding carboxylic acids is 1. The fourth-order valence-corrected chi connectivity index (χ4v) is 4.28. The van der Waals surface area contributed by atoms with Gasteiger partial charge in [0.25, 0.3) is 0 Å². The summed E-state index contributed by atoms with van der Waals surface area (Å²) in [6.07, 6.45) is 6.92. The van der Waals surface area contributed by atoms with Gasteiger partial charge in [0.15, 0.2) is 0 Å². The molecule has 1 aliphatic rings. The van der Waals surface area contributed by atoms with Gasteiger partial charge in [-0.3, -0.25) is 9.78 Å². The predicted octanol–water partition coefficient (Wildman–Crippen LogP) is 3.37. The summed E-state index contributed by atoms with van der Waals surface area (Å²) in [5.74, 6) is 1.53. The summed E-state index contributed by atoms with van der Waals surface area (Å²) < 4.78 is 1.59. The zero-order valence-electron chi connectivity index (χ0n) is 19.0. The van der Waals surface area contributed by atoms with Gasteiger partial charge in [-0.05, 0) is 60.5 Å². The van der Waals surface area contributed by atoms with E-state index in [1.54, 1.807) is 30.3 Å². The van der Waals surface area contributed by atoms with Crippen LogP contribution in [0, 0.1) is 0 Å². The van der Waals surface area contributed by atoms with E-state index in [0.29, 0.717) is 12.4 Å². The van der Waals surface area contributed by atoms with Crippen LogP contribution in [0.5, 0.6) is 0 Å². The summed E-state index contributed by atoms with van der Waals surface area (Å²) in [5, 5.41) is 14.8. The van der Waals surface area contributed by atoms with Crippen molar-refractivity contribution < 1.29 is 4.79 Å². The van der Waals surface area contributed by atoms with E-state index in [0.717, 1.165) is 41.3 Å². The number of nitrogens with zero attached hydrogens (tertiary/aromatic N) is 8. The number of benzene rings is 1. The Kier molecular flexibility index (Phi) is 5.94. The molecular weight excluding hydrogens is 430 g/mol. The summed E-state index contributed by atoms with van der Waals surface area (Å²) >= 11 is 0. The number of anilines is 2. The first-order valence-corrected chi connectivity index (χ1v) is 11.2. The van der Waals surface area contributed by atoms with Gasteiger partial charge in [0.2, 0.25) is 5.91 Å². The molecule has 34 heavy (non-hydrogen) atoms. The van der Waals surface area contributed by atoms with Crippen molar-refractivity contribution in [3.63, 3.8) is 0 Å². The van der Waals surface area contributed by atoms with E-state index < -0.39 is 0 Å². The van der Waals surface area contributed by atoms with E-state index >= 15 is 0 Å². The van der Waals surface area contributed by atoms with Crippen molar-refractivity contribution in [2.24, 2.45) is 0 Å². The van der Waals surface area contributed by atoms with Crippen molar-refractivity contribution in [1.29, 1.82) is 0 Å². The van der Waals surface area contributed by atoms with Gasteiger partial charge < -0.3 is 10.2 Å². The minimum absolute atomic E-state index is 0.0600. The molecule has 4 aromatic rings. The minimum Gasteiger partial charge on any atom is -0.340 e. The summed E-state index contributed by atoms with van der Waals surface area (Å²) in [7, 11) is 0. The smallest absolute Gasteiger partial charge is 0.219 e. The maximum absolute atomic E-state index is 12.2.